The Morgan fingerprint density at radius 3 is 2.55 bits per heavy atom. The standard InChI is InChI=1S/C17H26N2O/c1-3-13-19-17(4-2)15-8-10-16(11-9-15)20-14-7-5-6-12-18/h8-11,17,19H,3-7,13-14H2,1-2H3. The number of hydrogen-bond donors (Lipinski definition) is 1. The van der Waals surface area contributed by atoms with Gasteiger partial charge in [0.2, 0.25) is 0 Å². The van der Waals surface area contributed by atoms with Gasteiger partial charge < -0.3 is 10.1 Å². The van der Waals surface area contributed by atoms with Gasteiger partial charge in [0.25, 0.3) is 0 Å². The molecule has 1 aromatic carbocycles. The molecule has 1 N–H and O–H groups in total. The summed E-state index contributed by atoms with van der Waals surface area (Å²) in [4.78, 5) is 0. The average Bonchev–Trinajstić information content (AvgIpc) is 2.49. The molecule has 0 saturated carbocycles. The Kier molecular flexibility index (Phi) is 8.49. The largest absolute Gasteiger partial charge is 0.494 e. The molecular weight excluding hydrogens is 248 g/mol. The molecule has 0 aliphatic carbocycles. The number of nitriles is 1. The molecule has 1 aromatic rings. The Hall–Kier alpha value is -1.53. The third-order valence-electron chi connectivity index (χ3n) is 3.28. The first-order valence-electron chi connectivity index (χ1n) is 7.64. The highest BCUT2D eigenvalue weighted by molar-refractivity contribution is 5.29. The molecule has 1 unspecified atom stereocenters. The lowest BCUT2D eigenvalue weighted by atomic mass is 10.0. The molecule has 3 heteroatoms. The predicted octanol–water partition coefficient (Wildman–Crippen LogP) is 4.21. The zero-order chi connectivity index (χ0) is 14.6. The summed E-state index contributed by atoms with van der Waals surface area (Å²) >= 11 is 0. The van der Waals surface area contributed by atoms with Gasteiger partial charge in [-0.05, 0) is 49.9 Å². The van der Waals surface area contributed by atoms with Crippen LogP contribution in [-0.2, 0) is 0 Å². The highest BCUT2D eigenvalue weighted by Gasteiger charge is 2.07. The van der Waals surface area contributed by atoms with Crippen molar-refractivity contribution < 1.29 is 4.74 Å². The topological polar surface area (TPSA) is 45.0 Å². The van der Waals surface area contributed by atoms with Crippen LogP contribution in [-0.4, -0.2) is 13.2 Å². The smallest absolute Gasteiger partial charge is 0.119 e. The van der Waals surface area contributed by atoms with Crippen LogP contribution in [0.25, 0.3) is 0 Å². The van der Waals surface area contributed by atoms with E-state index in [9.17, 15) is 0 Å². The van der Waals surface area contributed by atoms with Gasteiger partial charge in [-0.1, -0.05) is 26.0 Å². The van der Waals surface area contributed by atoms with Crippen LogP contribution in [0, 0.1) is 11.3 Å². The van der Waals surface area contributed by atoms with Gasteiger partial charge in [-0.2, -0.15) is 5.26 Å². The molecule has 0 saturated heterocycles. The SMILES string of the molecule is CCCNC(CC)c1ccc(OCCCCC#N)cc1. The van der Waals surface area contributed by atoms with E-state index in [1.54, 1.807) is 0 Å². The highest BCUT2D eigenvalue weighted by atomic mass is 16.5. The quantitative estimate of drug-likeness (QED) is 0.650. The van der Waals surface area contributed by atoms with E-state index in [1.165, 1.54) is 5.56 Å². The second-order valence-electron chi connectivity index (χ2n) is 4.95. The van der Waals surface area contributed by atoms with Crippen molar-refractivity contribution in [2.24, 2.45) is 0 Å². The molecule has 0 bridgehead atoms. The lowest BCUT2D eigenvalue weighted by molar-refractivity contribution is 0.307. The Labute approximate surface area is 123 Å². The molecule has 1 rings (SSSR count). The maximum Gasteiger partial charge on any atom is 0.119 e. The van der Waals surface area contributed by atoms with Gasteiger partial charge in [0, 0.05) is 12.5 Å². The fraction of sp³-hybridized carbons (Fsp3) is 0.588. The van der Waals surface area contributed by atoms with Crippen LogP contribution < -0.4 is 10.1 Å². The zero-order valence-electron chi connectivity index (χ0n) is 12.7. The summed E-state index contributed by atoms with van der Waals surface area (Å²) in [6.07, 6.45) is 4.71. The number of rotatable bonds is 10. The minimum absolute atomic E-state index is 0.430. The maximum atomic E-state index is 8.45. The third-order valence-corrected chi connectivity index (χ3v) is 3.28. The molecule has 0 fully saturated rings. The molecule has 0 radical (unpaired) electrons. The highest BCUT2D eigenvalue weighted by Crippen LogP contribution is 2.20. The van der Waals surface area contributed by atoms with Crippen molar-refractivity contribution in [3.8, 4) is 11.8 Å². The van der Waals surface area contributed by atoms with E-state index < -0.39 is 0 Å². The van der Waals surface area contributed by atoms with Crippen molar-refractivity contribution >= 4 is 0 Å². The Bertz CT molecular complexity index is 394. The minimum Gasteiger partial charge on any atom is -0.494 e. The summed E-state index contributed by atoms with van der Waals surface area (Å²) in [5, 5.41) is 12.0. The van der Waals surface area contributed by atoms with Crippen molar-refractivity contribution in [3.63, 3.8) is 0 Å². The summed E-state index contributed by atoms with van der Waals surface area (Å²) in [5.41, 5.74) is 1.32. The Balaban J connectivity index is 2.40. The Morgan fingerprint density at radius 2 is 1.95 bits per heavy atom. The number of nitrogens with zero attached hydrogens (tertiary/aromatic N) is 1. The van der Waals surface area contributed by atoms with Crippen LogP contribution in [0.3, 0.4) is 0 Å². The summed E-state index contributed by atoms with van der Waals surface area (Å²) < 4.78 is 5.67. The monoisotopic (exact) mass is 274 g/mol. The molecule has 0 amide bonds. The van der Waals surface area contributed by atoms with E-state index in [0.29, 0.717) is 19.1 Å². The van der Waals surface area contributed by atoms with Crippen LogP contribution in [0.1, 0.15) is 57.6 Å². The van der Waals surface area contributed by atoms with Gasteiger partial charge in [0.15, 0.2) is 0 Å². The van der Waals surface area contributed by atoms with E-state index >= 15 is 0 Å². The molecule has 3 nitrogen and oxygen atoms in total. The average molecular weight is 274 g/mol. The first-order valence-corrected chi connectivity index (χ1v) is 7.64. The molecule has 20 heavy (non-hydrogen) atoms. The number of hydrogen-bond acceptors (Lipinski definition) is 3. The van der Waals surface area contributed by atoms with Crippen molar-refractivity contribution in [1.82, 2.24) is 5.32 Å². The molecule has 0 heterocycles. The van der Waals surface area contributed by atoms with Crippen LogP contribution in [0.4, 0.5) is 0 Å². The van der Waals surface area contributed by atoms with Crippen molar-refractivity contribution in [1.29, 1.82) is 5.26 Å². The van der Waals surface area contributed by atoms with Crippen LogP contribution in [0.15, 0.2) is 24.3 Å². The lowest BCUT2D eigenvalue weighted by Crippen LogP contribution is -2.21. The van der Waals surface area contributed by atoms with Crippen LogP contribution in [0.2, 0.25) is 0 Å². The molecule has 0 aliphatic rings. The molecule has 0 spiro atoms. The second-order valence-corrected chi connectivity index (χ2v) is 4.95. The first kappa shape index (κ1) is 16.5. The molecule has 0 aromatic heterocycles. The van der Waals surface area contributed by atoms with E-state index in [0.717, 1.165) is 38.0 Å². The fourth-order valence-electron chi connectivity index (χ4n) is 2.11. The van der Waals surface area contributed by atoms with Crippen LogP contribution >= 0.6 is 0 Å². The van der Waals surface area contributed by atoms with Crippen LogP contribution in [0.5, 0.6) is 5.75 Å². The van der Waals surface area contributed by atoms with Gasteiger partial charge in [0.1, 0.15) is 5.75 Å². The summed E-state index contributed by atoms with van der Waals surface area (Å²) in [7, 11) is 0. The zero-order valence-corrected chi connectivity index (χ0v) is 12.7. The van der Waals surface area contributed by atoms with Crippen molar-refractivity contribution in [2.75, 3.05) is 13.2 Å². The molecule has 110 valence electrons. The van der Waals surface area contributed by atoms with Crippen molar-refractivity contribution in [2.45, 2.75) is 52.0 Å². The lowest BCUT2D eigenvalue weighted by Gasteiger charge is -2.17. The van der Waals surface area contributed by atoms with E-state index in [-0.39, 0.29) is 0 Å². The van der Waals surface area contributed by atoms with Gasteiger partial charge in [-0.3, -0.25) is 0 Å². The van der Waals surface area contributed by atoms with E-state index in [4.69, 9.17) is 10.00 Å². The number of nitrogens with one attached hydrogen (secondary N) is 1. The second kappa shape index (κ2) is 10.3. The normalized spacial score (nSPS) is 11.8. The van der Waals surface area contributed by atoms with E-state index in [2.05, 4.69) is 37.4 Å². The minimum atomic E-state index is 0.430. The maximum absolute atomic E-state index is 8.45. The van der Waals surface area contributed by atoms with Crippen molar-refractivity contribution in [3.05, 3.63) is 29.8 Å². The van der Waals surface area contributed by atoms with Gasteiger partial charge in [-0.25, -0.2) is 0 Å². The number of ether oxygens (including phenoxy) is 1. The summed E-state index contributed by atoms with van der Waals surface area (Å²) in [6.45, 7) is 6.12. The molecule has 0 aliphatic heterocycles. The van der Waals surface area contributed by atoms with Gasteiger partial charge >= 0.3 is 0 Å². The summed E-state index contributed by atoms with van der Waals surface area (Å²) in [5.74, 6) is 0.913. The first-order chi connectivity index (χ1) is 9.81. The summed E-state index contributed by atoms with van der Waals surface area (Å²) in [6, 6.07) is 10.9. The molecule has 1 atom stereocenters. The number of benzene rings is 1. The van der Waals surface area contributed by atoms with Gasteiger partial charge in [-0.15, -0.1) is 0 Å². The fourth-order valence-corrected chi connectivity index (χ4v) is 2.11. The predicted molar refractivity (Wildman–Crippen MR) is 82.7 cm³/mol. The Morgan fingerprint density at radius 1 is 1.20 bits per heavy atom. The third kappa shape index (κ3) is 6.08. The van der Waals surface area contributed by atoms with Gasteiger partial charge in [0.05, 0.1) is 12.7 Å². The number of unbranched alkanes of at least 4 members (excludes halogenated alkanes) is 2. The van der Waals surface area contributed by atoms with E-state index in [1.807, 2.05) is 12.1 Å². The molecular formula is C17H26N2O.